The summed E-state index contributed by atoms with van der Waals surface area (Å²) in [4.78, 5) is 18.8. The van der Waals surface area contributed by atoms with Crippen LogP contribution in [0.5, 0.6) is 0 Å². The van der Waals surface area contributed by atoms with Crippen molar-refractivity contribution in [3.63, 3.8) is 0 Å². The van der Waals surface area contributed by atoms with Gasteiger partial charge in [0.15, 0.2) is 5.82 Å². The van der Waals surface area contributed by atoms with Gasteiger partial charge in [0.2, 0.25) is 5.91 Å². The highest BCUT2D eigenvalue weighted by Crippen LogP contribution is 2.28. The van der Waals surface area contributed by atoms with Gasteiger partial charge in [0.1, 0.15) is 5.82 Å². The molecule has 1 saturated heterocycles. The van der Waals surface area contributed by atoms with E-state index in [0.717, 1.165) is 50.4 Å². The second-order valence-electron chi connectivity index (χ2n) is 5.54. The zero-order valence-electron chi connectivity index (χ0n) is 11.3. The topological polar surface area (TPSA) is 61.9 Å². The second kappa shape index (κ2) is 5.15. The molecule has 0 spiro atoms. The summed E-state index contributed by atoms with van der Waals surface area (Å²) in [5.41, 5.74) is 0. The van der Waals surface area contributed by atoms with Crippen LogP contribution in [-0.2, 0) is 4.79 Å². The third kappa shape index (κ3) is 2.55. The first-order chi connectivity index (χ1) is 9.24. The Balaban J connectivity index is 1.66. The summed E-state index contributed by atoms with van der Waals surface area (Å²) in [7, 11) is 0. The lowest BCUT2D eigenvalue weighted by Gasteiger charge is -2.33. The van der Waals surface area contributed by atoms with Gasteiger partial charge in [-0.25, -0.2) is 4.98 Å². The lowest BCUT2D eigenvalue weighted by atomic mass is 9.95. The number of aryl methyl sites for hydroxylation is 1. The van der Waals surface area contributed by atoms with Crippen molar-refractivity contribution in [2.45, 2.75) is 38.5 Å². The predicted octanol–water partition coefficient (Wildman–Crippen LogP) is 1.79. The normalized spacial score (nSPS) is 24.1. The van der Waals surface area contributed by atoms with E-state index in [1.165, 1.54) is 0 Å². The molecule has 2 heterocycles. The van der Waals surface area contributed by atoms with Crippen LogP contribution in [0.3, 0.4) is 0 Å². The number of amides is 1. The molecule has 1 atom stereocenters. The van der Waals surface area contributed by atoms with E-state index in [4.69, 9.17) is 0 Å². The van der Waals surface area contributed by atoms with Crippen molar-refractivity contribution in [1.82, 2.24) is 20.1 Å². The zero-order chi connectivity index (χ0) is 13.2. The van der Waals surface area contributed by atoms with Gasteiger partial charge in [0.05, 0.1) is 0 Å². The third-order valence-electron chi connectivity index (χ3n) is 4.07. The molecule has 2 aliphatic rings. The van der Waals surface area contributed by atoms with Gasteiger partial charge in [0.25, 0.3) is 0 Å². The molecular weight excluding hydrogens is 240 g/mol. The van der Waals surface area contributed by atoms with Gasteiger partial charge in [-0.05, 0) is 32.6 Å². The molecule has 3 rings (SSSR count). The molecule has 0 aromatic carbocycles. The number of carbonyl (C=O) groups is 1. The molecule has 1 aromatic rings. The minimum absolute atomic E-state index is 0.174. The SMILES string of the molecule is Cc1nc(C2CCCN(C(=O)C3CC=CC3)C2)n[nH]1. The summed E-state index contributed by atoms with van der Waals surface area (Å²) in [6, 6.07) is 0. The molecule has 1 aliphatic carbocycles. The number of hydrogen-bond acceptors (Lipinski definition) is 3. The van der Waals surface area contributed by atoms with Crippen LogP contribution in [-0.4, -0.2) is 39.1 Å². The summed E-state index contributed by atoms with van der Waals surface area (Å²) >= 11 is 0. The molecule has 1 aliphatic heterocycles. The lowest BCUT2D eigenvalue weighted by molar-refractivity contribution is -0.136. The van der Waals surface area contributed by atoms with Crippen molar-refractivity contribution in [3.05, 3.63) is 23.8 Å². The van der Waals surface area contributed by atoms with Crippen LogP contribution in [0.2, 0.25) is 0 Å². The number of aromatic nitrogens is 3. The molecule has 0 saturated carbocycles. The van der Waals surface area contributed by atoms with E-state index in [9.17, 15) is 4.79 Å². The maximum absolute atomic E-state index is 12.4. The van der Waals surface area contributed by atoms with Crippen LogP contribution in [0.4, 0.5) is 0 Å². The molecule has 1 aromatic heterocycles. The summed E-state index contributed by atoms with van der Waals surface area (Å²) in [5.74, 6) is 2.48. The average molecular weight is 260 g/mol. The van der Waals surface area contributed by atoms with Crippen LogP contribution < -0.4 is 0 Å². The highest BCUT2D eigenvalue weighted by Gasteiger charge is 2.30. The highest BCUT2D eigenvalue weighted by molar-refractivity contribution is 5.79. The van der Waals surface area contributed by atoms with Crippen molar-refractivity contribution in [2.24, 2.45) is 5.92 Å². The fourth-order valence-corrected chi connectivity index (χ4v) is 3.01. The molecule has 0 bridgehead atoms. The maximum Gasteiger partial charge on any atom is 0.226 e. The summed E-state index contributed by atoms with van der Waals surface area (Å²) < 4.78 is 0. The van der Waals surface area contributed by atoms with Gasteiger partial charge in [-0.3, -0.25) is 9.89 Å². The van der Waals surface area contributed by atoms with Crippen LogP contribution in [0.1, 0.15) is 43.3 Å². The number of nitrogens with zero attached hydrogens (tertiary/aromatic N) is 3. The number of allylic oxidation sites excluding steroid dienone is 2. The monoisotopic (exact) mass is 260 g/mol. The molecule has 1 N–H and O–H groups in total. The number of aromatic amines is 1. The van der Waals surface area contributed by atoms with Gasteiger partial charge in [-0.15, -0.1) is 0 Å². The molecular formula is C14H20N4O. The lowest BCUT2D eigenvalue weighted by Crippen LogP contribution is -2.42. The standard InChI is InChI=1S/C14H20N4O/c1-10-15-13(17-16-10)12-7-4-8-18(9-12)14(19)11-5-2-3-6-11/h2-3,11-12H,4-9H2,1H3,(H,15,16,17). The molecule has 1 amide bonds. The summed E-state index contributed by atoms with van der Waals surface area (Å²) in [5, 5.41) is 7.13. The first-order valence-corrected chi connectivity index (χ1v) is 7.06. The van der Waals surface area contributed by atoms with Crippen molar-refractivity contribution < 1.29 is 4.79 Å². The molecule has 1 unspecified atom stereocenters. The minimum Gasteiger partial charge on any atom is -0.342 e. The Morgan fingerprint density at radius 3 is 2.89 bits per heavy atom. The van der Waals surface area contributed by atoms with E-state index >= 15 is 0 Å². The van der Waals surface area contributed by atoms with Gasteiger partial charge in [0, 0.05) is 24.9 Å². The average Bonchev–Trinajstić information content (AvgIpc) is 3.09. The van der Waals surface area contributed by atoms with Crippen LogP contribution in [0, 0.1) is 12.8 Å². The van der Waals surface area contributed by atoms with Crippen LogP contribution in [0.15, 0.2) is 12.2 Å². The molecule has 102 valence electrons. The summed E-state index contributed by atoms with van der Waals surface area (Å²) in [6.07, 6.45) is 8.15. The van der Waals surface area contributed by atoms with E-state index < -0.39 is 0 Å². The van der Waals surface area contributed by atoms with Crippen LogP contribution >= 0.6 is 0 Å². The summed E-state index contributed by atoms with van der Waals surface area (Å²) in [6.45, 7) is 3.56. The van der Waals surface area contributed by atoms with E-state index in [-0.39, 0.29) is 11.8 Å². The maximum atomic E-state index is 12.4. The number of nitrogens with one attached hydrogen (secondary N) is 1. The third-order valence-corrected chi connectivity index (χ3v) is 4.07. The number of hydrogen-bond donors (Lipinski definition) is 1. The largest absolute Gasteiger partial charge is 0.342 e. The number of H-pyrrole nitrogens is 1. The molecule has 19 heavy (non-hydrogen) atoms. The Morgan fingerprint density at radius 1 is 1.42 bits per heavy atom. The predicted molar refractivity (Wildman–Crippen MR) is 71.5 cm³/mol. The van der Waals surface area contributed by atoms with E-state index in [1.807, 2.05) is 11.8 Å². The quantitative estimate of drug-likeness (QED) is 0.825. The number of piperidine rings is 1. The number of likely N-dealkylation sites (tertiary alicyclic amines) is 1. The Hall–Kier alpha value is -1.65. The van der Waals surface area contributed by atoms with Crippen LogP contribution in [0.25, 0.3) is 0 Å². The highest BCUT2D eigenvalue weighted by atomic mass is 16.2. The fraction of sp³-hybridized carbons (Fsp3) is 0.643. The van der Waals surface area contributed by atoms with E-state index in [0.29, 0.717) is 5.91 Å². The van der Waals surface area contributed by atoms with Gasteiger partial charge in [-0.1, -0.05) is 12.2 Å². The van der Waals surface area contributed by atoms with Crippen molar-refractivity contribution >= 4 is 5.91 Å². The van der Waals surface area contributed by atoms with Gasteiger partial charge < -0.3 is 4.90 Å². The number of carbonyl (C=O) groups excluding carboxylic acids is 1. The van der Waals surface area contributed by atoms with Crippen molar-refractivity contribution in [1.29, 1.82) is 0 Å². The first kappa shape index (κ1) is 12.4. The Kier molecular flexibility index (Phi) is 3.36. The molecule has 1 fully saturated rings. The molecule has 0 radical (unpaired) electrons. The Morgan fingerprint density at radius 2 is 2.21 bits per heavy atom. The molecule has 5 heteroatoms. The van der Waals surface area contributed by atoms with E-state index in [2.05, 4.69) is 27.3 Å². The van der Waals surface area contributed by atoms with E-state index in [1.54, 1.807) is 0 Å². The zero-order valence-corrected chi connectivity index (χ0v) is 11.3. The second-order valence-corrected chi connectivity index (χ2v) is 5.54. The van der Waals surface area contributed by atoms with Gasteiger partial charge in [-0.2, -0.15) is 5.10 Å². The Bertz CT molecular complexity index is 485. The smallest absolute Gasteiger partial charge is 0.226 e. The first-order valence-electron chi connectivity index (χ1n) is 7.06. The van der Waals surface area contributed by atoms with Crippen molar-refractivity contribution in [2.75, 3.05) is 13.1 Å². The Labute approximate surface area is 113 Å². The minimum atomic E-state index is 0.174. The number of rotatable bonds is 2. The molecule has 5 nitrogen and oxygen atoms in total. The van der Waals surface area contributed by atoms with Crippen molar-refractivity contribution in [3.8, 4) is 0 Å². The fourth-order valence-electron chi connectivity index (χ4n) is 3.01. The van der Waals surface area contributed by atoms with Gasteiger partial charge >= 0.3 is 0 Å².